The fourth-order valence-corrected chi connectivity index (χ4v) is 2.98. The molecule has 0 amide bonds. The second-order valence-corrected chi connectivity index (χ2v) is 6.08. The SMILES string of the molecule is CC(C)Oc1cccc(-c2nc3n(n2)CCc2ccccc2-3)c1. The van der Waals surface area contributed by atoms with E-state index < -0.39 is 0 Å². The summed E-state index contributed by atoms with van der Waals surface area (Å²) in [5.41, 5.74) is 3.52. The number of hydrogen-bond donors (Lipinski definition) is 0. The van der Waals surface area contributed by atoms with Crippen LogP contribution in [-0.4, -0.2) is 20.9 Å². The van der Waals surface area contributed by atoms with Gasteiger partial charge in [-0.15, -0.1) is 0 Å². The molecule has 0 saturated carbocycles. The van der Waals surface area contributed by atoms with Crippen molar-refractivity contribution < 1.29 is 4.74 Å². The number of ether oxygens (including phenoxy) is 1. The predicted molar refractivity (Wildman–Crippen MR) is 90.4 cm³/mol. The molecule has 0 aliphatic carbocycles. The van der Waals surface area contributed by atoms with Crippen LogP contribution in [0.4, 0.5) is 0 Å². The zero-order valence-corrected chi connectivity index (χ0v) is 13.4. The standard InChI is InChI=1S/C19H19N3O/c1-13(2)23-16-8-5-7-15(12-16)18-20-19-17-9-4-3-6-14(17)10-11-22(19)21-18/h3-9,12-13H,10-11H2,1-2H3. The first-order valence-electron chi connectivity index (χ1n) is 8.01. The van der Waals surface area contributed by atoms with E-state index in [1.54, 1.807) is 0 Å². The lowest BCUT2D eigenvalue weighted by molar-refractivity contribution is 0.242. The Hall–Kier alpha value is -2.62. The molecule has 4 rings (SSSR count). The van der Waals surface area contributed by atoms with Gasteiger partial charge in [0.25, 0.3) is 0 Å². The fraction of sp³-hybridized carbons (Fsp3) is 0.263. The van der Waals surface area contributed by atoms with Crippen molar-refractivity contribution in [1.29, 1.82) is 0 Å². The molecule has 4 nitrogen and oxygen atoms in total. The molecule has 0 radical (unpaired) electrons. The summed E-state index contributed by atoms with van der Waals surface area (Å²) >= 11 is 0. The van der Waals surface area contributed by atoms with Crippen LogP contribution in [0.15, 0.2) is 48.5 Å². The fourth-order valence-electron chi connectivity index (χ4n) is 2.98. The van der Waals surface area contributed by atoms with Crippen LogP contribution >= 0.6 is 0 Å². The number of hydrogen-bond acceptors (Lipinski definition) is 3. The Morgan fingerprint density at radius 1 is 1.09 bits per heavy atom. The predicted octanol–water partition coefficient (Wildman–Crippen LogP) is 3.96. The van der Waals surface area contributed by atoms with Crippen molar-refractivity contribution in [3.8, 4) is 28.5 Å². The number of nitrogens with zero attached hydrogens (tertiary/aromatic N) is 3. The average Bonchev–Trinajstić information content (AvgIpc) is 2.99. The molecule has 116 valence electrons. The summed E-state index contributed by atoms with van der Waals surface area (Å²) in [5, 5.41) is 4.69. The Bertz CT molecular complexity index is 851. The number of rotatable bonds is 3. The van der Waals surface area contributed by atoms with Crippen LogP contribution in [0.3, 0.4) is 0 Å². The van der Waals surface area contributed by atoms with Gasteiger partial charge in [0.2, 0.25) is 0 Å². The van der Waals surface area contributed by atoms with Crippen LogP contribution in [0.5, 0.6) is 5.75 Å². The van der Waals surface area contributed by atoms with Gasteiger partial charge in [0.05, 0.1) is 6.10 Å². The number of fused-ring (bicyclic) bond motifs is 3. The molecular formula is C19H19N3O. The molecule has 0 bridgehead atoms. The Morgan fingerprint density at radius 2 is 1.96 bits per heavy atom. The Balaban J connectivity index is 1.74. The highest BCUT2D eigenvalue weighted by molar-refractivity contribution is 5.66. The number of benzene rings is 2. The largest absolute Gasteiger partial charge is 0.491 e. The summed E-state index contributed by atoms with van der Waals surface area (Å²) in [6.07, 6.45) is 1.16. The maximum absolute atomic E-state index is 5.77. The van der Waals surface area contributed by atoms with Crippen molar-refractivity contribution >= 4 is 0 Å². The first-order chi connectivity index (χ1) is 11.2. The second-order valence-electron chi connectivity index (χ2n) is 6.08. The smallest absolute Gasteiger partial charge is 0.181 e. The molecule has 0 spiro atoms. The molecule has 1 aliphatic heterocycles. The zero-order valence-electron chi connectivity index (χ0n) is 13.4. The zero-order chi connectivity index (χ0) is 15.8. The lowest BCUT2D eigenvalue weighted by Crippen LogP contribution is -2.11. The molecule has 2 heterocycles. The van der Waals surface area contributed by atoms with Crippen LogP contribution < -0.4 is 4.74 Å². The van der Waals surface area contributed by atoms with Crippen molar-refractivity contribution in [3.05, 3.63) is 54.1 Å². The van der Waals surface area contributed by atoms with E-state index in [4.69, 9.17) is 14.8 Å². The molecule has 2 aromatic carbocycles. The summed E-state index contributed by atoms with van der Waals surface area (Å²) in [4.78, 5) is 4.78. The van der Waals surface area contributed by atoms with E-state index >= 15 is 0 Å². The summed E-state index contributed by atoms with van der Waals surface area (Å²) in [6.45, 7) is 4.93. The van der Waals surface area contributed by atoms with E-state index in [1.165, 1.54) is 11.1 Å². The topological polar surface area (TPSA) is 39.9 Å². The van der Waals surface area contributed by atoms with Crippen molar-refractivity contribution in [1.82, 2.24) is 14.8 Å². The minimum Gasteiger partial charge on any atom is -0.491 e. The molecule has 0 fully saturated rings. The molecular weight excluding hydrogens is 286 g/mol. The van der Waals surface area contributed by atoms with Gasteiger partial charge in [0.1, 0.15) is 5.75 Å². The maximum Gasteiger partial charge on any atom is 0.181 e. The molecule has 0 atom stereocenters. The van der Waals surface area contributed by atoms with E-state index in [9.17, 15) is 0 Å². The van der Waals surface area contributed by atoms with Gasteiger partial charge in [-0.3, -0.25) is 0 Å². The van der Waals surface area contributed by atoms with Gasteiger partial charge in [-0.1, -0.05) is 36.4 Å². The highest BCUT2D eigenvalue weighted by Crippen LogP contribution is 2.30. The van der Waals surface area contributed by atoms with Crippen molar-refractivity contribution in [3.63, 3.8) is 0 Å². The van der Waals surface area contributed by atoms with Crippen LogP contribution in [-0.2, 0) is 13.0 Å². The summed E-state index contributed by atoms with van der Waals surface area (Å²) in [5.74, 6) is 2.56. The third kappa shape index (κ3) is 2.61. The van der Waals surface area contributed by atoms with E-state index in [2.05, 4.69) is 24.3 Å². The lowest BCUT2D eigenvalue weighted by Gasteiger charge is -2.15. The van der Waals surface area contributed by atoms with Crippen molar-refractivity contribution in [2.45, 2.75) is 32.9 Å². The molecule has 4 heteroatoms. The summed E-state index contributed by atoms with van der Waals surface area (Å²) in [6, 6.07) is 16.4. The molecule has 23 heavy (non-hydrogen) atoms. The monoisotopic (exact) mass is 305 g/mol. The second kappa shape index (κ2) is 5.54. The van der Waals surface area contributed by atoms with Gasteiger partial charge in [-0.2, -0.15) is 5.10 Å². The Morgan fingerprint density at radius 3 is 2.83 bits per heavy atom. The maximum atomic E-state index is 5.77. The van der Waals surface area contributed by atoms with Crippen LogP contribution in [0.25, 0.3) is 22.8 Å². The average molecular weight is 305 g/mol. The highest BCUT2D eigenvalue weighted by atomic mass is 16.5. The first kappa shape index (κ1) is 14.0. The van der Waals surface area contributed by atoms with Crippen molar-refractivity contribution in [2.24, 2.45) is 0 Å². The quantitative estimate of drug-likeness (QED) is 0.735. The molecule has 0 saturated heterocycles. The van der Waals surface area contributed by atoms with Crippen LogP contribution in [0, 0.1) is 0 Å². The van der Waals surface area contributed by atoms with Crippen LogP contribution in [0.2, 0.25) is 0 Å². The van der Waals surface area contributed by atoms with E-state index in [0.717, 1.165) is 35.9 Å². The normalized spacial score (nSPS) is 12.8. The summed E-state index contributed by atoms with van der Waals surface area (Å²) in [7, 11) is 0. The minimum absolute atomic E-state index is 0.153. The van der Waals surface area contributed by atoms with E-state index in [0.29, 0.717) is 0 Å². The van der Waals surface area contributed by atoms with Gasteiger partial charge in [-0.05, 0) is 38.0 Å². The highest BCUT2D eigenvalue weighted by Gasteiger charge is 2.20. The Labute approximate surface area is 135 Å². The first-order valence-corrected chi connectivity index (χ1v) is 8.01. The Kier molecular flexibility index (Phi) is 3.37. The van der Waals surface area contributed by atoms with Gasteiger partial charge in [-0.25, -0.2) is 9.67 Å². The molecule has 0 N–H and O–H groups in total. The van der Waals surface area contributed by atoms with Crippen LogP contribution in [0.1, 0.15) is 19.4 Å². The summed E-state index contributed by atoms with van der Waals surface area (Å²) < 4.78 is 7.78. The van der Waals surface area contributed by atoms with Gasteiger partial charge >= 0.3 is 0 Å². The third-order valence-corrected chi connectivity index (χ3v) is 3.99. The number of aromatic nitrogens is 3. The van der Waals surface area contributed by atoms with E-state index in [-0.39, 0.29) is 6.10 Å². The number of aryl methyl sites for hydroxylation is 2. The lowest BCUT2D eigenvalue weighted by atomic mass is 10.0. The van der Waals surface area contributed by atoms with E-state index in [1.807, 2.05) is 42.8 Å². The van der Waals surface area contributed by atoms with Gasteiger partial charge < -0.3 is 4.74 Å². The molecule has 3 aromatic rings. The van der Waals surface area contributed by atoms with Gasteiger partial charge in [0.15, 0.2) is 11.6 Å². The van der Waals surface area contributed by atoms with Crippen molar-refractivity contribution in [2.75, 3.05) is 0 Å². The third-order valence-electron chi connectivity index (χ3n) is 3.99. The molecule has 1 aromatic heterocycles. The molecule has 0 unspecified atom stereocenters. The minimum atomic E-state index is 0.153. The molecule has 1 aliphatic rings. The van der Waals surface area contributed by atoms with Gasteiger partial charge in [0, 0.05) is 17.7 Å².